The lowest BCUT2D eigenvalue weighted by Crippen LogP contribution is -2.49. The van der Waals surface area contributed by atoms with Crippen molar-refractivity contribution < 1.29 is 19.5 Å². The monoisotopic (exact) mass is 471 g/mol. The molecular weight excluding hydrogens is 448 g/mol. The maximum atomic E-state index is 12.8. The Balaban J connectivity index is 2.28. The molecule has 2 N–H and O–H groups in total. The lowest BCUT2D eigenvalue weighted by Gasteiger charge is -2.20. The maximum Gasteiger partial charge on any atom is 0.268 e. The van der Waals surface area contributed by atoms with Crippen molar-refractivity contribution in [2.45, 2.75) is 39.2 Å². The van der Waals surface area contributed by atoms with Crippen molar-refractivity contribution in [3.63, 3.8) is 0 Å². The Morgan fingerprint density at radius 3 is 2.27 bits per heavy atom. The van der Waals surface area contributed by atoms with E-state index in [0.717, 1.165) is 16.5 Å². The van der Waals surface area contributed by atoms with E-state index in [1.165, 1.54) is 6.08 Å². The van der Waals surface area contributed by atoms with Gasteiger partial charge in [-0.2, -0.15) is 0 Å². The predicted octanol–water partition coefficient (Wildman–Crippen LogP) is 2.95. The van der Waals surface area contributed by atoms with E-state index in [0.29, 0.717) is 17.5 Å². The number of hydrogen-bond acceptors (Lipinski definition) is 4. The molecule has 2 aromatic rings. The minimum absolute atomic E-state index is 0.0503. The quantitative estimate of drug-likeness (QED) is 0.549. The lowest BCUT2D eigenvalue weighted by atomic mass is 10.1. The normalized spacial score (nSPS) is 12.2. The van der Waals surface area contributed by atoms with Gasteiger partial charge in [0.25, 0.3) is 11.8 Å². The first kappa shape index (κ1) is 23.3. The van der Waals surface area contributed by atoms with Crippen molar-refractivity contribution >= 4 is 39.8 Å². The first-order valence-corrected chi connectivity index (χ1v) is 10.5. The van der Waals surface area contributed by atoms with Crippen LogP contribution in [0.5, 0.6) is 0 Å². The summed E-state index contributed by atoms with van der Waals surface area (Å²) in [5, 5.41) is 16.5. The number of amides is 2. The number of unbranched alkanes of at least 4 members (excludes halogenated alkanes) is 1. The summed E-state index contributed by atoms with van der Waals surface area (Å²) in [5.41, 5.74) is 2.01. The van der Waals surface area contributed by atoms with Gasteiger partial charge in [-0.3, -0.25) is 9.59 Å². The predicted molar refractivity (Wildman–Crippen MR) is 117 cm³/mol. The van der Waals surface area contributed by atoms with Crippen LogP contribution in [0, 0.1) is 6.92 Å². The van der Waals surface area contributed by atoms with Crippen LogP contribution in [0.3, 0.4) is 0 Å². The standard InChI is InChI=1S/C23H25BrN2O4/c1-3-4-5-19(23(29)30)25-22(28)20(14-16-8-12-18(24)13-9-16)26-21(27)17-10-6-15(2)7-11-17/h6-14,19H,3-5H2,1-2H3,(H,25,28)(H,26,27)(H,29,30)/p-1/b20-14-/t19-/m0/s1. The van der Waals surface area contributed by atoms with Crippen molar-refractivity contribution in [3.05, 3.63) is 75.4 Å². The van der Waals surface area contributed by atoms with E-state index in [1.807, 2.05) is 13.8 Å². The molecule has 0 spiro atoms. The Labute approximate surface area is 184 Å². The summed E-state index contributed by atoms with van der Waals surface area (Å²) in [6.07, 6.45) is 3.16. The second-order valence-electron chi connectivity index (χ2n) is 6.92. The Morgan fingerprint density at radius 1 is 1.07 bits per heavy atom. The first-order valence-electron chi connectivity index (χ1n) is 9.67. The minimum atomic E-state index is -1.36. The van der Waals surface area contributed by atoms with E-state index in [9.17, 15) is 19.5 Å². The number of nitrogens with one attached hydrogen (secondary N) is 2. The summed E-state index contributed by atoms with van der Waals surface area (Å²) in [4.78, 5) is 36.9. The number of carboxylic acid groups (broad SMARTS) is 1. The first-order chi connectivity index (χ1) is 14.3. The van der Waals surface area contributed by atoms with Gasteiger partial charge < -0.3 is 20.5 Å². The van der Waals surface area contributed by atoms with Gasteiger partial charge in [-0.05, 0) is 49.2 Å². The maximum absolute atomic E-state index is 12.8. The second kappa shape index (κ2) is 11.3. The third-order valence-electron chi connectivity index (χ3n) is 4.42. The number of benzene rings is 2. The van der Waals surface area contributed by atoms with Crippen molar-refractivity contribution in [1.82, 2.24) is 10.6 Å². The molecule has 0 fully saturated rings. The highest BCUT2D eigenvalue weighted by Crippen LogP contribution is 2.14. The molecule has 0 heterocycles. The molecule has 7 heteroatoms. The molecule has 0 aliphatic rings. The number of halogens is 1. The van der Waals surface area contributed by atoms with Crippen molar-refractivity contribution in [2.75, 3.05) is 0 Å². The molecule has 0 aliphatic heterocycles. The zero-order valence-electron chi connectivity index (χ0n) is 16.9. The van der Waals surface area contributed by atoms with Crippen LogP contribution in [0.2, 0.25) is 0 Å². The van der Waals surface area contributed by atoms with Gasteiger partial charge in [-0.1, -0.05) is 65.5 Å². The fraction of sp³-hybridized carbons (Fsp3) is 0.261. The van der Waals surface area contributed by atoms with Gasteiger partial charge in [0.1, 0.15) is 5.70 Å². The molecule has 0 aliphatic carbocycles. The smallest absolute Gasteiger partial charge is 0.268 e. The SMILES string of the molecule is CCCC[C@H](NC(=O)/C(=C/c1ccc(Br)cc1)NC(=O)c1ccc(C)cc1)C(=O)[O-]. The van der Waals surface area contributed by atoms with Gasteiger partial charge in [0.15, 0.2) is 0 Å². The van der Waals surface area contributed by atoms with E-state index in [4.69, 9.17) is 0 Å². The number of rotatable bonds is 9. The Bertz CT molecular complexity index is 921. The van der Waals surface area contributed by atoms with Crippen molar-refractivity contribution in [1.29, 1.82) is 0 Å². The molecule has 2 aromatic carbocycles. The minimum Gasteiger partial charge on any atom is -0.548 e. The molecule has 2 rings (SSSR count). The van der Waals surface area contributed by atoms with Gasteiger partial charge >= 0.3 is 0 Å². The van der Waals surface area contributed by atoms with E-state index < -0.39 is 23.8 Å². The zero-order chi connectivity index (χ0) is 22.1. The van der Waals surface area contributed by atoms with Gasteiger partial charge in [0.05, 0.1) is 12.0 Å². The van der Waals surface area contributed by atoms with E-state index in [1.54, 1.807) is 48.5 Å². The van der Waals surface area contributed by atoms with Gasteiger partial charge in [-0.25, -0.2) is 0 Å². The number of hydrogen-bond donors (Lipinski definition) is 2. The average Bonchev–Trinajstić information content (AvgIpc) is 2.72. The summed E-state index contributed by atoms with van der Waals surface area (Å²) in [6, 6.07) is 12.9. The average molecular weight is 472 g/mol. The second-order valence-corrected chi connectivity index (χ2v) is 7.83. The molecule has 0 saturated heterocycles. The fourth-order valence-corrected chi connectivity index (χ4v) is 2.94. The highest BCUT2D eigenvalue weighted by atomic mass is 79.9. The van der Waals surface area contributed by atoms with Gasteiger partial charge in [0, 0.05) is 10.0 Å². The van der Waals surface area contributed by atoms with Crippen LogP contribution in [0.4, 0.5) is 0 Å². The number of aliphatic carboxylic acids is 1. The summed E-state index contributed by atoms with van der Waals surface area (Å²) in [6.45, 7) is 3.83. The number of carbonyl (C=O) groups excluding carboxylic acids is 3. The van der Waals surface area contributed by atoms with E-state index in [2.05, 4.69) is 26.6 Å². The molecular formula is C23H24BrN2O4-. The molecule has 0 unspecified atom stereocenters. The summed E-state index contributed by atoms with van der Waals surface area (Å²) < 4.78 is 0.867. The highest BCUT2D eigenvalue weighted by molar-refractivity contribution is 9.10. The Kier molecular flexibility index (Phi) is 8.80. The summed E-state index contributed by atoms with van der Waals surface area (Å²) in [5.74, 6) is -2.51. The molecule has 6 nitrogen and oxygen atoms in total. The largest absolute Gasteiger partial charge is 0.548 e. The third kappa shape index (κ3) is 7.15. The Morgan fingerprint density at radius 2 is 1.70 bits per heavy atom. The van der Waals surface area contributed by atoms with Crippen molar-refractivity contribution in [2.24, 2.45) is 0 Å². The van der Waals surface area contributed by atoms with Crippen LogP contribution in [0.1, 0.15) is 47.7 Å². The number of carbonyl (C=O) groups is 3. The van der Waals surface area contributed by atoms with Gasteiger partial charge in [0.2, 0.25) is 0 Å². The number of aryl methyl sites for hydroxylation is 1. The molecule has 1 atom stereocenters. The van der Waals surface area contributed by atoms with Crippen LogP contribution >= 0.6 is 15.9 Å². The topological polar surface area (TPSA) is 98.3 Å². The molecule has 0 saturated carbocycles. The van der Waals surface area contributed by atoms with Crippen molar-refractivity contribution in [3.8, 4) is 0 Å². The van der Waals surface area contributed by atoms with Crippen LogP contribution in [-0.2, 0) is 9.59 Å². The van der Waals surface area contributed by atoms with E-state index in [-0.39, 0.29) is 12.1 Å². The van der Waals surface area contributed by atoms with Crippen LogP contribution in [0.25, 0.3) is 6.08 Å². The fourth-order valence-electron chi connectivity index (χ4n) is 2.68. The molecule has 0 radical (unpaired) electrons. The molecule has 30 heavy (non-hydrogen) atoms. The summed E-state index contributed by atoms with van der Waals surface area (Å²) >= 11 is 3.35. The van der Waals surface area contributed by atoms with Crippen LogP contribution in [0.15, 0.2) is 58.7 Å². The Hall–Kier alpha value is -2.93. The van der Waals surface area contributed by atoms with Crippen LogP contribution in [-0.4, -0.2) is 23.8 Å². The molecule has 158 valence electrons. The van der Waals surface area contributed by atoms with E-state index >= 15 is 0 Å². The molecule has 0 aromatic heterocycles. The lowest BCUT2D eigenvalue weighted by molar-refractivity contribution is -0.308. The number of carboxylic acids is 1. The third-order valence-corrected chi connectivity index (χ3v) is 4.95. The highest BCUT2D eigenvalue weighted by Gasteiger charge is 2.19. The van der Waals surface area contributed by atoms with Gasteiger partial charge in [-0.15, -0.1) is 0 Å². The molecule has 2 amide bonds. The zero-order valence-corrected chi connectivity index (χ0v) is 18.5. The molecule has 0 bridgehead atoms. The van der Waals surface area contributed by atoms with Crippen LogP contribution < -0.4 is 15.7 Å². The summed E-state index contributed by atoms with van der Waals surface area (Å²) in [7, 11) is 0.